The molecule has 0 radical (unpaired) electrons. The predicted octanol–water partition coefficient (Wildman–Crippen LogP) is 0.0662. The first-order valence-corrected chi connectivity index (χ1v) is 6.80. The molecule has 2 N–H and O–H groups in total. The SMILES string of the molecule is Cn1ccc(CNCC(O)COCC2CCCO2)n1. The van der Waals surface area contributed by atoms with Crippen molar-refractivity contribution in [3.8, 4) is 0 Å². The molecular formula is C13H23N3O3. The van der Waals surface area contributed by atoms with Gasteiger partial charge in [-0.15, -0.1) is 0 Å². The molecule has 2 atom stereocenters. The molecule has 1 aromatic rings. The minimum Gasteiger partial charge on any atom is -0.389 e. The van der Waals surface area contributed by atoms with Gasteiger partial charge in [0.05, 0.1) is 31.1 Å². The van der Waals surface area contributed by atoms with Gasteiger partial charge in [0.1, 0.15) is 0 Å². The Bertz CT molecular complexity index is 364. The fraction of sp³-hybridized carbons (Fsp3) is 0.769. The zero-order valence-electron chi connectivity index (χ0n) is 11.4. The van der Waals surface area contributed by atoms with Crippen LogP contribution in [-0.4, -0.2) is 53.5 Å². The highest BCUT2D eigenvalue weighted by molar-refractivity contribution is 4.97. The second kappa shape index (κ2) is 7.59. The van der Waals surface area contributed by atoms with Gasteiger partial charge in [0.2, 0.25) is 0 Å². The van der Waals surface area contributed by atoms with Gasteiger partial charge in [-0.05, 0) is 18.9 Å². The van der Waals surface area contributed by atoms with E-state index in [1.54, 1.807) is 4.68 Å². The zero-order chi connectivity index (χ0) is 13.5. The third-order valence-corrected chi connectivity index (χ3v) is 3.09. The number of ether oxygens (including phenoxy) is 2. The van der Waals surface area contributed by atoms with Crippen molar-refractivity contribution in [2.75, 3.05) is 26.4 Å². The molecule has 0 aromatic carbocycles. The van der Waals surface area contributed by atoms with Crippen LogP contribution in [0.3, 0.4) is 0 Å². The fourth-order valence-electron chi connectivity index (χ4n) is 2.09. The van der Waals surface area contributed by atoms with E-state index in [4.69, 9.17) is 9.47 Å². The number of nitrogens with one attached hydrogen (secondary N) is 1. The first-order chi connectivity index (χ1) is 9.24. The van der Waals surface area contributed by atoms with Crippen LogP contribution in [0.5, 0.6) is 0 Å². The van der Waals surface area contributed by atoms with E-state index in [9.17, 15) is 5.11 Å². The third-order valence-electron chi connectivity index (χ3n) is 3.09. The first-order valence-electron chi connectivity index (χ1n) is 6.80. The number of aromatic nitrogens is 2. The van der Waals surface area contributed by atoms with Gasteiger partial charge >= 0.3 is 0 Å². The predicted molar refractivity (Wildman–Crippen MR) is 70.7 cm³/mol. The van der Waals surface area contributed by atoms with Crippen LogP contribution in [-0.2, 0) is 23.1 Å². The van der Waals surface area contributed by atoms with Gasteiger partial charge in [0.25, 0.3) is 0 Å². The van der Waals surface area contributed by atoms with E-state index in [0.29, 0.717) is 26.3 Å². The molecule has 19 heavy (non-hydrogen) atoms. The quantitative estimate of drug-likeness (QED) is 0.699. The molecule has 1 aliphatic rings. The number of aryl methyl sites for hydroxylation is 1. The molecule has 1 aromatic heterocycles. The van der Waals surface area contributed by atoms with Crippen molar-refractivity contribution in [3.05, 3.63) is 18.0 Å². The number of hydrogen-bond acceptors (Lipinski definition) is 5. The Balaban J connectivity index is 1.50. The lowest BCUT2D eigenvalue weighted by Gasteiger charge is -2.14. The van der Waals surface area contributed by atoms with Crippen molar-refractivity contribution in [1.82, 2.24) is 15.1 Å². The number of aliphatic hydroxyl groups is 1. The van der Waals surface area contributed by atoms with E-state index in [1.165, 1.54) is 0 Å². The van der Waals surface area contributed by atoms with Crippen LogP contribution in [0.2, 0.25) is 0 Å². The zero-order valence-corrected chi connectivity index (χ0v) is 11.4. The molecule has 0 saturated carbocycles. The molecule has 0 amide bonds. The summed E-state index contributed by atoms with van der Waals surface area (Å²) in [6.45, 7) is 2.92. The molecule has 0 bridgehead atoms. The van der Waals surface area contributed by atoms with Crippen molar-refractivity contribution in [2.45, 2.75) is 31.6 Å². The Kier molecular flexibility index (Phi) is 5.78. The summed E-state index contributed by atoms with van der Waals surface area (Å²) in [7, 11) is 1.89. The maximum Gasteiger partial charge on any atom is 0.0897 e. The van der Waals surface area contributed by atoms with Crippen LogP contribution >= 0.6 is 0 Å². The fourth-order valence-corrected chi connectivity index (χ4v) is 2.09. The number of hydrogen-bond donors (Lipinski definition) is 2. The maximum atomic E-state index is 9.75. The highest BCUT2D eigenvalue weighted by Crippen LogP contribution is 2.11. The first kappa shape index (κ1) is 14.5. The second-order valence-corrected chi connectivity index (χ2v) is 4.94. The van der Waals surface area contributed by atoms with Gasteiger partial charge in [-0.3, -0.25) is 4.68 Å². The lowest BCUT2D eigenvalue weighted by Crippen LogP contribution is -2.31. The average molecular weight is 269 g/mol. The van der Waals surface area contributed by atoms with E-state index in [-0.39, 0.29) is 6.10 Å². The van der Waals surface area contributed by atoms with Crippen LogP contribution in [0.1, 0.15) is 18.5 Å². The summed E-state index contributed by atoms with van der Waals surface area (Å²) in [6, 6.07) is 1.95. The lowest BCUT2D eigenvalue weighted by atomic mass is 10.2. The summed E-state index contributed by atoms with van der Waals surface area (Å²) < 4.78 is 12.7. The van der Waals surface area contributed by atoms with Crippen LogP contribution < -0.4 is 5.32 Å². The normalized spacial score (nSPS) is 20.8. The molecular weight excluding hydrogens is 246 g/mol. The smallest absolute Gasteiger partial charge is 0.0897 e. The summed E-state index contributed by atoms with van der Waals surface area (Å²) in [4.78, 5) is 0. The number of aliphatic hydroxyl groups excluding tert-OH is 1. The Hall–Kier alpha value is -0.950. The van der Waals surface area contributed by atoms with Crippen molar-refractivity contribution in [1.29, 1.82) is 0 Å². The Labute approximate surface area is 113 Å². The molecule has 6 nitrogen and oxygen atoms in total. The van der Waals surface area contributed by atoms with Gasteiger partial charge in [-0.2, -0.15) is 5.10 Å². The van der Waals surface area contributed by atoms with Crippen molar-refractivity contribution < 1.29 is 14.6 Å². The van der Waals surface area contributed by atoms with Crippen molar-refractivity contribution in [2.24, 2.45) is 7.05 Å². The molecule has 2 heterocycles. The van der Waals surface area contributed by atoms with E-state index in [1.807, 2.05) is 19.3 Å². The monoisotopic (exact) mass is 269 g/mol. The Morgan fingerprint density at radius 2 is 2.58 bits per heavy atom. The molecule has 1 fully saturated rings. The molecule has 1 aliphatic heterocycles. The summed E-state index contributed by atoms with van der Waals surface area (Å²) in [5.74, 6) is 0. The highest BCUT2D eigenvalue weighted by atomic mass is 16.5. The van der Waals surface area contributed by atoms with Gasteiger partial charge in [0.15, 0.2) is 0 Å². The molecule has 2 rings (SSSR count). The lowest BCUT2D eigenvalue weighted by molar-refractivity contribution is -0.0164. The van der Waals surface area contributed by atoms with Crippen molar-refractivity contribution in [3.63, 3.8) is 0 Å². The topological polar surface area (TPSA) is 68.5 Å². The van der Waals surface area contributed by atoms with Crippen LogP contribution in [0.15, 0.2) is 12.3 Å². The van der Waals surface area contributed by atoms with Gasteiger partial charge in [0, 0.05) is 32.9 Å². The molecule has 6 heteroatoms. The van der Waals surface area contributed by atoms with Gasteiger partial charge < -0.3 is 19.9 Å². The Morgan fingerprint density at radius 1 is 1.68 bits per heavy atom. The van der Waals surface area contributed by atoms with Gasteiger partial charge in [-0.1, -0.05) is 0 Å². The minimum atomic E-state index is -0.495. The van der Waals surface area contributed by atoms with E-state index >= 15 is 0 Å². The highest BCUT2D eigenvalue weighted by Gasteiger charge is 2.16. The number of rotatable bonds is 8. The maximum absolute atomic E-state index is 9.75. The van der Waals surface area contributed by atoms with Crippen LogP contribution in [0.4, 0.5) is 0 Å². The standard InChI is InChI=1S/C13H23N3O3/c1-16-5-4-11(15-16)7-14-8-12(17)9-18-10-13-3-2-6-19-13/h4-5,12-14,17H,2-3,6-10H2,1H3. The summed E-state index contributed by atoms with van der Waals surface area (Å²) >= 11 is 0. The minimum absolute atomic E-state index is 0.216. The second-order valence-electron chi connectivity index (χ2n) is 4.94. The number of nitrogens with zero attached hydrogens (tertiary/aromatic N) is 2. The molecule has 2 unspecified atom stereocenters. The van der Waals surface area contributed by atoms with Crippen LogP contribution in [0, 0.1) is 0 Å². The molecule has 108 valence electrons. The summed E-state index contributed by atoms with van der Waals surface area (Å²) in [5, 5.41) is 17.2. The van der Waals surface area contributed by atoms with E-state index in [2.05, 4.69) is 10.4 Å². The van der Waals surface area contributed by atoms with E-state index < -0.39 is 6.10 Å². The summed E-state index contributed by atoms with van der Waals surface area (Å²) in [6.07, 6.45) is 3.80. The Morgan fingerprint density at radius 3 is 3.26 bits per heavy atom. The van der Waals surface area contributed by atoms with Crippen LogP contribution in [0.25, 0.3) is 0 Å². The molecule has 0 spiro atoms. The largest absolute Gasteiger partial charge is 0.389 e. The third kappa shape index (κ3) is 5.28. The molecule has 1 saturated heterocycles. The summed E-state index contributed by atoms with van der Waals surface area (Å²) in [5.41, 5.74) is 0.968. The van der Waals surface area contributed by atoms with Gasteiger partial charge in [-0.25, -0.2) is 0 Å². The molecule has 0 aliphatic carbocycles. The average Bonchev–Trinajstić information content (AvgIpc) is 3.01. The van der Waals surface area contributed by atoms with E-state index in [0.717, 1.165) is 25.1 Å². The van der Waals surface area contributed by atoms with Crippen molar-refractivity contribution >= 4 is 0 Å².